The molecule has 23 heavy (non-hydrogen) atoms. The Morgan fingerprint density at radius 2 is 1.70 bits per heavy atom. The van der Waals surface area contributed by atoms with Crippen molar-refractivity contribution < 1.29 is 9.18 Å². The van der Waals surface area contributed by atoms with Crippen LogP contribution in [0.3, 0.4) is 0 Å². The summed E-state index contributed by atoms with van der Waals surface area (Å²) in [6.07, 6.45) is 3.32. The fourth-order valence-electron chi connectivity index (χ4n) is 2.11. The Bertz CT molecular complexity index is 784. The average molecular weight is 310 g/mol. The molecule has 1 heterocycles. The van der Waals surface area contributed by atoms with E-state index in [0.717, 1.165) is 5.56 Å². The summed E-state index contributed by atoms with van der Waals surface area (Å²) in [6, 6.07) is 15.1. The Balaban J connectivity index is 1.58. The van der Waals surface area contributed by atoms with Crippen LogP contribution < -0.4 is 10.6 Å². The molecule has 6 heteroatoms. The van der Waals surface area contributed by atoms with Crippen molar-refractivity contribution in [3.05, 3.63) is 78.4 Å². The number of halogens is 1. The smallest absolute Gasteiger partial charge is 0.308 e. The molecule has 0 atom stereocenters. The number of hydrogen-bond acceptors (Lipinski definition) is 2. The quantitative estimate of drug-likeness (QED) is 0.771. The molecule has 5 nitrogen and oxygen atoms in total. The van der Waals surface area contributed by atoms with E-state index in [0.29, 0.717) is 17.9 Å². The molecular formula is C17H15FN4O. The summed E-state index contributed by atoms with van der Waals surface area (Å²) in [7, 11) is 0. The maximum atomic E-state index is 12.8. The number of nitrogens with zero attached hydrogens (tertiary/aromatic N) is 2. The van der Waals surface area contributed by atoms with Crippen molar-refractivity contribution in [1.29, 1.82) is 0 Å². The molecule has 0 aliphatic rings. The Labute approximate surface area is 132 Å². The van der Waals surface area contributed by atoms with Crippen LogP contribution >= 0.6 is 0 Å². The maximum Gasteiger partial charge on any atom is 0.323 e. The van der Waals surface area contributed by atoms with E-state index in [4.69, 9.17) is 0 Å². The highest BCUT2D eigenvalue weighted by Crippen LogP contribution is 2.11. The van der Waals surface area contributed by atoms with Gasteiger partial charge in [-0.05, 0) is 29.8 Å². The van der Waals surface area contributed by atoms with Crippen molar-refractivity contribution in [2.75, 3.05) is 10.6 Å². The highest BCUT2D eigenvalue weighted by molar-refractivity contribution is 5.99. The van der Waals surface area contributed by atoms with Crippen molar-refractivity contribution in [1.82, 2.24) is 9.78 Å². The molecule has 116 valence electrons. The highest BCUT2D eigenvalue weighted by atomic mass is 19.1. The van der Waals surface area contributed by atoms with Gasteiger partial charge in [0, 0.05) is 11.9 Å². The standard InChI is InChI=1S/C17H15FN4O/c18-14-6-8-15(9-7-14)20-17(23)21-16-10-19-22(12-16)11-13-4-2-1-3-5-13/h1-10,12H,11H2,(H2,20,21,23). The number of benzene rings is 2. The summed E-state index contributed by atoms with van der Waals surface area (Å²) in [5, 5.41) is 9.51. The molecule has 3 aromatic rings. The van der Waals surface area contributed by atoms with Gasteiger partial charge in [0.25, 0.3) is 0 Å². The summed E-state index contributed by atoms with van der Waals surface area (Å²) < 4.78 is 14.6. The number of aromatic nitrogens is 2. The summed E-state index contributed by atoms with van der Waals surface area (Å²) in [4.78, 5) is 11.9. The van der Waals surface area contributed by atoms with Gasteiger partial charge in [-0.15, -0.1) is 0 Å². The number of rotatable bonds is 4. The van der Waals surface area contributed by atoms with Crippen LogP contribution in [0.1, 0.15) is 5.56 Å². The van der Waals surface area contributed by atoms with Crippen molar-refractivity contribution in [2.24, 2.45) is 0 Å². The normalized spacial score (nSPS) is 10.3. The average Bonchev–Trinajstić information content (AvgIpc) is 2.97. The van der Waals surface area contributed by atoms with Gasteiger partial charge >= 0.3 is 6.03 Å². The van der Waals surface area contributed by atoms with Crippen LogP contribution in [0.2, 0.25) is 0 Å². The lowest BCUT2D eigenvalue weighted by molar-refractivity contribution is 0.262. The van der Waals surface area contributed by atoms with Crippen LogP contribution in [-0.4, -0.2) is 15.8 Å². The van der Waals surface area contributed by atoms with Crippen molar-refractivity contribution in [3.63, 3.8) is 0 Å². The third kappa shape index (κ3) is 4.16. The first-order valence-corrected chi connectivity index (χ1v) is 7.09. The van der Waals surface area contributed by atoms with Gasteiger partial charge in [0.05, 0.1) is 18.4 Å². The van der Waals surface area contributed by atoms with Crippen LogP contribution in [0.5, 0.6) is 0 Å². The van der Waals surface area contributed by atoms with Gasteiger partial charge in [0.15, 0.2) is 0 Å². The largest absolute Gasteiger partial charge is 0.323 e. The van der Waals surface area contributed by atoms with E-state index < -0.39 is 6.03 Å². The van der Waals surface area contributed by atoms with Gasteiger partial charge in [-0.1, -0.05) is 30.3 Å². The third-order valence-corrected chi connectivity index (χ3v) is 3.18. The zero-order valence-corrected chi connectivity index (χ0v) is 12.2. The molecule has 0 aliphatic carbocycles. The van der Waals surface area contributed by atoms with E-state index in [1.165, 1.54) is 24.3 Å². The molecule has 0 saturated carbocycles. The van der Waals surface area contributed by atoms with Crippen LogP contribution in [-0.2, 0) is 6.54 Å². The van der Waals surface area contributed by atoms with Crippen molar-refractivity contribution >= 4 is 17.4 Å². The molecule has 2 N–H and O–H groups in total. The molecule has 1 aromatic heterocycles. The summed E-state index contributed by atoms with van der Waals surface area (Å²) >= 11 is 0. The van der Waals surface area contributed by atoms with E-state index in [2.05, 4.69) is 15.7 Å². The number of carbonyl (C=O) groups is 1. The minimum Gasteiger partial charge on any atom is -0.308 e. The Kier molecular flexibility index (Phi) is 4.33. The maximum absolute atomic E-state index is 12.8. The number of amides is 2. The van der Waals surface area contributed by atoms with Crippen LogP contribution in [0.15, 0.2) is 67.0 Å². The first kappa shape index (κ1) is 14.8. The molecule has 2 amide bonds. The van der Waals surface area contributed by atoms with Gasteiger partial charge in [-0.25, -0.2) is 9.18 Å². The summed E-state index contributed by atoms with van der Waals surface area (Å²) in [6.45, 7) is 0.627. The lowest BCUT2D eigenvalue weighted by Gasteiger charge is -2.05. The van der Waals surface area contributed by atoms with E-state index in [9.17, 15) is 9.18 Å². The number of nitrogens with one attached hydrogen (secondary N) is 2. The van der Waals surface area contributed by atoms with E-state index in [-0.39, 0.29) is 5.82 Å². The zero-order valence-electron chi connectivity index (χ0n) is 12.2. The molecule has 0 bridgehead atoms. The van der Waals surface area contributed by atoms with Crippen LogP contribution in [0, 0.1) is 5.82 Å². The fraction of sp³-hybridized carbons (Fsp3) is 0.0588. The zero-order chi connectivity index (χ0) is 16.1. The highest BCUT2D eigenvalue weighted by Gasteiger charge is 2.05. The molecule has 0 radical (unpaired) electrons. The van der Waals surface area contributed by atoms with Gasteiger partial charge in [0.1, 0.15) is 5.82 Å². The summed E-state index contributed by atoms with van der Waals surface area (Å²) in [5.74, 6) is -0.349. The molecule has 0 unspecified atom stereocenters. The SMILES string of the molecule is O=C(Nc1ccc(F)cc1)Nc1cnn(Cc2ccccc2)c1. The molecule has 2 aromatic carbocycles. The van der Waals surface area contributed by atoms with Crippen molar-refractivity contribution in [2.45, 2.75) is 6.54 Å². The number of carbonyl (C=O) groups excluding carboxylic acids is 1. The van der Waals surface area contributed by atoms with Gasteiger partial charge in [0.2, 0.25) is 0 Å². The predicted octanol–water partition coefficient (Wildman–Crippen LogP) is 3.71. The predicted molar refractivity (Wildman–Crippen MR) is 86.8 cm³/mol. The molecule has 0 saturated heterocycles. The third-order valence-electron chi connectivity index (χ3n) is 3.18. The molecule has 3 rings (SSSR count). The van der Waals surface area contributed by atoms with Crippen LogP contribution in [0.4, 0.5) is 20.6 Å². The molecule has 0 aliphatic heterocycles. The molecular weight excluding hydrogens is 295 g/mol. The second-order valence-corrected chi connectivity index (χ2v) is 5.00. The lowest BCUT2D eigenvalue weighted by atomic mass is 10.2. The minimum atomic E-state index is -0.407. The van der Waals surface area contributed by atoms with Crippen LogP contribution in [0.25, 0.3) is 0 Å². The van der Waals surface area contributed by atoms with E-state index in [1.54, 1.807) is 17.1 Å². The summed E-state index contributed by atoms with van der Waals surface area (Å²) in [5.41, 5.74) is 2.22. The molecule has 0 fully saturated rings. The molecule has 0 spiro atoms. The number of anilines is 2. The number of urea groups is 1. The van der Waals surface area contributed by atoms with Gasteiger partial charge < -0.3 is 10.6 Å². The Morgan fingerprint density at radius 3 is 2.43 bits per heavy atom. The Hall–Kier alpha value is -3.15. The second kappa shape index (κ2) is 6.74. The lowest BCUT2D eigenvalue weighted by Crippen LogP contribution is -2.19. The first-order chi connectivity index (χ1) is 11.2. The Morgan fingerprint density at radius 1 is 1.00 bits per heavy atom. The number of hydrogen-bond donors (Lipinski definition) is 2. The van der Waals surface area contributed by atoms with Gasteiger partial charge in [-0.3, -0.25) is 4.68 Å². The minimum absolute atomic E-state index is 0.349. The second-order valence-electron chi connectivity index (χ2n) is 5.00. The van der Waals surface area contributed by atoms with Crippen molar-refractivity contribution in [3.8, 4) is 0 Å². The van der Waals surface area contributed by atoms with E-state index in [1.807, 2.05) is 30.3 Å². The van der Waals surface area contributed by atoms with E-state index >= 15 is 0 Å². The topological polar surface area (TPSA) is 59.0 Å². The first-order valence-electron chi connectivity index (χ1n) is 7.09. The fourth-order valence-corrected chi connectivity index (χ4v) is 2.11. The monoisotopic (exact) mass is 310 g/mol. The van der Waals surface area contributed by atoms with Gasteiger partial charge in [-0.2, -0.15) is 5.10 Å².